The first kappa shape index (κ1) is 19.5. The molecule has 4 rings (SSSR count). The van der Waals surface area contributed by atoms with Crippen LogP contribution >= 0.6 is 0 Å². The molecule has 0 fully saturated rings. The summed E-state index contributed by atoms with van der Waals surface area (Å²) in [4.78, 5) is 0. The Morgan fingerprint density at radius 1 is 0.586 bits per heavy atom. The summed E-state index contributed by atoms with van der Waals surface area (Å²) in [5.41, 5.74) is 10.9. The molecule has 0 amide bonds. The van der Waals surface area contributed by atoms with Gasteiger partial charge >= 0.3 is 0 Å². The van der Waals surface area contributed by atoms with Crippen LogP contribution in [0.1, 0.15) is 60.1 Å². The zero-order valence-electron chi connectivity index (χ0n) is 18.0. The highest BCUT2D eigenvalue weighted by molar-refractivity contribution is 6.07. The fourth-order valence-corrected chi connectivity index (χ4v) is 4.72. The zero-order valence-corrected chi connectivity index (χ0v) is 18.0. The van der Waals surface area contributed by atoms with Crippen LogP contribution in [-0.4, -0.2) is 0 Å². The third-order valence-electron chi connectivity index (χ3n) is 6.52. The van der Waals surface area contributed by atoms with E-state index in [4.69, 9.17) is 0 Å². The number of benzene rings is 3. The lowest BCUT2D eigenvalue weighted by molar-refractivity contribution is 0.506. The van der Waals surface area contributed by atoms with Crippen LogP contribution < -0.4 is 0 Å². The van der Waals surface area contributed by atoms with Gasteiger partial charge in [0.25, 0.3) is 0 Å². The van der Waals surface area contributed by atoms with E-state index in [1.54, 1.807) is 0 Å². The number of fused-ring (bicyclic) bond motifs is 1. The Labute approximate surface area is 175 Å². The van der Waals surface area contributed by atoms with Crippen LogP contribution in [0.25, 0.3) is 23.3 Å². The summed E-state index contributed by atoms with van der Waals surface area (Å²) in [6.45, 7) is 8.96. The average Bonchev–Trinajstić information content (AvgIpc) is 3.01. The molecule has 0 radical (unpaired) electrons. The Hall–Kier alpha value is -2.86. The maximum Gasteiger partial charge on any atom is 0.0210 e. The molecule has 0 N–H and O–H groups in total. The molecule has 0 nitrogen and oxygen atoms in total. The quantitative estimate of drug-likeness (QED) is 0.429. The SMILES string of the molecule is CCC1(CC)C(=Cc2ccc(C)cc2)c2ccccc2C1=Cc1ccc(C)cc1. The van der Waals surface area contributed by atoms with E-state index in [0.717, 1.165) is 12.8 Å². The average molecular weight is 379 g/mol. The van der Waals surface area contributed by atoms with Crippen LogP contribution in [0.2, 0.25) is 0 Å². The Morgan fingerprint density at radius 2 is 0.966 bits per heavy atom. The second kappa shape index (κ2) is 7.87. The highest BCUT2D eigenvalue weighted by Crippen LogP contribution is 2.59. The third kappa shape index (κ3) is 3.49. The summed E-state index contributed by atoms with van der Waals surface area (Å²) in [7, 11) is 0. The van der Waals surface area contributed by atoms with Crippen molar-refractivity contribution in [2.45, 2.75) is 40.5 Å². The van der Waals surface area contributed by atoms with Gasteiger partial charge in [0, 0.05) is 5.41 Å². The molecule has 146 valence electrons. The Balaban J connectivity index is 1.94. The molecular formula is C29H30. The molecule has 29 heavy (non-hydrogen) atoms. The van der Waals surface area contributed by atoms with Crippen molar-refractivity contribution in [3.63, 3.8) is 0 Å². The van der Waals surface area contributed by atoms with Gasteiger partial charge in [0.05, 0.1) is 0 Å². The smallest absolute Gasteiger partial charge is 0.0210 e. The predicted octanol–water partition coefficient (Wildman–Crippen LogP) is 8.20. The van der Waals surface area contributed by atoms with Gasteiger partial charge in [-0.15, -0.1) is 0 Å². The molecule has 3 aromatic carbocycles. The van der Waals surface area contributed by atoms with E-state index in [0.29, 0.717) is 0 Å². The topological polar surface area (TPSA) is 0 Å². The van der Waals surface area contributed by atoms with Crippen molar-refractivity contribution in [2.75, 3.05) is 0 Å². The van der Waals surface area contributed by atoms with Crippen molar-refractivity contribution in [2.24, 2.45) is 5.41 Å². The van der Waals surface area contributed by atoms with E-state index in [2.05, 4.69) is 113 Å². The minimum atomic E-state index is 0.0411. The lowest BCUT2D eigenvalue weighted by Crippen LogP contribution is -2.17. The molecule has 0 bridgehead atoms. The van der Waals surface area contributed by atoms with Crippen LogP contribution in [0.15, 0.2) is 72.8 Å². The summed E-state index contributed by atoms with van der Waals surface area (Å²) in [6, 6.07) is 26.7. The molecule has 0 heteroatoms. The molecule has 0 heterocycles. The van der Waals surface area contributed by atoms with Gasteiger partial charge in [0.1, 0.15) is 0 Å². The first-order valence-corrected chi connectivity index (χ1v) is 10.7. The minimum Gasteiger partial charge on any atom is -0.0642 e. The molecule has 3 aromatic rings. The standard InChI is InChI=1S/C29H30/c1-5-29(6-2)27(19-23-15-11-21(3)12-16-23)25-9-7-8-10-26(25)28(29)20-24-17-13-22(4)14-18-24/h7-20H,5-6H2,1-4H3. The molecule has 0 spiro atoms. The largest absolute Gasteiger partial charge is 0.0642 e. The Bertz CT molecular complexity index is 971. The highest BCUT2D eigenvalue weighted by atomic mass is 14.5. The van der Waals surface area contributed by atoms with E-state index in [1.165, 1.54) is 44.5 Å². The van der Waals surface area contributed by atoms with Crippen LogP contribution in [0.5, 0.6) is 0 Å². The summed E-state index contributed by atoms with van der Waals surface area (Å²) < 4.78 is 0. The molecule has 0 aromatic heterocycles. The first-order valence-electron chi connectivity index (χ1n) is 10.7. The van der Waals surface area contributed by atoms with Crippen molar-refractivity contribution in [3.05, 3.63) is 106 Å². The van der Waals surface area contributed by atoms with Gasteiger partial charge in [-0.05, 0) is 60.1 Å². The second-order valence-electron chi connectivity index (χ2n) is 8.27. The molecule has 0 aliphatic heterocycles. The zero-order chi connectivity index (χ0) is 20.4. The van der Waals surface area contributed by atoms with Crippen molar-refractivity contribution >= 4 is 23.3 Å². The molecule has 1 aliphatic rings. The summed E-state index contributed by atoms with van der Waals surface area (Å²) in [5.74, 6) is 0. The van der Waals surface area contributed by atoms with E-state index >= 15 is 0 Å². The Kier molecular flexibility index (Phi) is 5.28. The van der Waals surface area contributed by atoms with Crippen LogP contribution in [0.3, 0.4) is 0 Å². The molecule has 0 saturated carbocycles. The molecule has 0 saturated heterocycles. The van der Waals surface area contributed by atoms with E-state index in [-0.39, 0.29) is 5.41 Å². The van der Waals surface area contributed by atoms with Gasteiger partial charge in [-0.1, -0.05) is 110 Å². The number of rotatable bonds is 4. The van der Waals surface area contributed by atoms with E-state index < -0.39 is 0 Å². The number of allylic oxidation sites excluding steroid dienone is 2. The van der Waals surface area contributed by atoms with Gasteiger partial charge in [-0.3, -0.25) is 0 Å². The summed E-state index contributed by atoms with van der Waals surface area (Å²) >= 11 is 0. The fraction of sp³-hybridized carbons (Fsp3) is 0.241. The maximum atomic E-state index is 2.42. The van der Waals surface area contributed by atoms with Gasteiger partial charge in [0.2, 0.25) is 0 Å². The molecule has 1 aliphatic carbocycles. The summed E-state index contributed by atoms with van der Waals surface area (Å²) in [5, 5.41) is 0. The molecule has 0 atom stereocenters. The number of hydrogen-bond donors (Lipinski definition) is 0. The monoisotopic (exact) mass is 378 g/mol. The van der Waals surface area contributed by atoms with Crippen molar-refractivity contribution in [1.29, 1.82) is 0 Å². The normalized spacial score (nSPS) is 17.7. The van der Waals surface area contributed by atoms with Gasteiger partial charge in [-0.25, -0.2) is 0 Å². The van der Waals surface area contributed by atoms with E-state index in [9.17, 15) is 0 Å². The Morgan fingerprint density at radius 3 is 1.31 bits per heavy atom. The highest BCUT2D eigenvalue weighted by Gasteiger charge is 2.43. The lowest BCUT2D eigenvalue weighted by Gasteiger charge is -2.31. The van der Waals surface area contributed by atoms with Gasteiger partial charge < -0.3 is 0 Å². The summed E-state index contributed by atoms with van der Waals surface area (Å²) in [6.07, 6.45) is 7.02. The second-order valence-corrected chi connectivity index (χ2v) is 8.27. The van der Waals surface area contributed by atoms with Gasteiger partial charge in [0.15, 0.2) is 0 Å². The predicted molar refractivity (Wildman–Crippen MR) is 128 cm³/mol. The first-order chi connectivity index (χ1) is 14.1. The van der Waals surface area contributed by atoms with Crippen molar-refractivity contribution in [3.8, 4) is 0 Å². The van der Waals surface area contributed by atoms with Crippen molar-refractivity contribution in [1.82, 2.24) is 0 Å². The van der Waals surface area contributed by atoms with E-state index in [1.807, 2.05) is 0 Å². The number of hydrogen-bond acceptors (Lipinski definition) is 0. The van der Waals surface area contributed by atoms with Crippen LogP contribution in [0.4, 0.5) is 0 Å². The van der Waals surface area contributed by atoms with Crippen LogP contribution in [0, 0.1) is 19.3 Å². The fourth-order valence-electron chi connectivity index (χ4n) is 4.72. The van der Waals surface area contributed by atoms with Gasteiger partial charge in [-0.2, -0.15) is 0 Å². The number of aryl methyl sites for hydroxylation is 2. The van der Waals surface area contributed by atoms with Crippen molar-refractivity contribution < 1.29 is 0 Å². The molecule has 0 unspecified atom stereocenters. The minimum absolute atomic E-state index is 0.0411. The lowest BCUT2D eigenvalue weighted by atomic mass is 9.72. The maximum absolute atomic E-state index is 2.42. The third-order valence-corrected chi connectivity index (χ3v) is 6.52. The molecular weight excluding hydrogens is 348 g/mol. The van der Waals surface area contributed by atoms with Crippen LogP contribution in [-0.2, 0) is 0 Å².